The second-order valence-corrected chi connectivity index (χ2v) is 4.59. The summed E-state index contributed by atoms with van der Waals surface area (Å²) < 4.78 is 10.2. The van der Waals surface area contributed by atoms with Gasteiger partial charge in [-0.1, -0.05) is 26.3 Å². The summed E-state index contributed by atoms with van der Waals surface area (Å²) in [5, 5.41) is 0. The molecule has 0 aliphatic carbocycles. The molecule has 0 saturated heterocycles. The molecule has 0 aromatic heterocycles. The molecule has 0 aliphatic heterocycles. The topological polar surface area (TPSA) is 52.6 Å². The number of esters is 2. The lowest BCUT2D eigenvalue weighted by Crippen LogP contribution is -2.46. The SMILES string of the molecule is C=CCC(C(=O)OCC)(C(=O)OCC)C(C)CCC. The van der Waals surface area contributed by atoms with Crippen LogP contribution in [0.25, 0.3) is 0 Å². The highest BCUT2D eigenvalue weighted by molar-refractivity contribution is 6.00. The first kappa shape index (κ1) is 17.7. The van der Waals surface area contributed by atoms with Gasteiger partial charge < -0.3 is 9.47 Å². The summed E-state index contributed by atoms with van der Waals surface area (Å²) in [7, 11) is 0. The second kappa shape index (κ2) is 8.73. The largest absolute Gasteiger partial charge is 0.465 e. The Kier molecular flexibility index (Phi) is 8.12. The quantitative estimate of drug-likeness (QED) is 0.367. The Morgan fingerprint density at radius 3 is 1.95 bits per heavy atom. The third-order valence-electron chi connectivity index (χ3n) is 3.31. The molecule has 0 bridgehead atoms. The molecule has 0 aliphatic rings. The van der Waals surface area contributed by atoms with Crippen molar-refractivity contribution in [3.63, 3.8) is 0 Å². The molecule has 1 atom stereocenters. The molecule has 0 aromatic carbocycles. The Labute approximate surface area is 116 Å². The standard InChI is InChI=1S/C15H26O4/c1-6-10-12(5)15(11-7-2,13(16)18-8-3)14(17)19-9-4/h7,12H,2,6,8-11H2,1,3-5H3. The summed E-state index contributed by atoms with van der Waals surface area (Å²) in [6.07, 6.45) is 3.47. The van der Waals surface area contributed by atoms with Crippen LogP contribution in [0.3, 0.4) is 0 Å². The summed E-state index contributed by atoms with van der Waals surface area (Å²) in [6.45, 7) is 11.5. The molecule has 0 fully saturated rings. The van der Waals surface area contributed by atoms with Crippen LogP contribution in [0.4, 0.5) is 0 Å². The number of carbonyl (C=O) groups is 2. The van der Waals surface area contributed by atoms with E-state index in [9.17, 15) is 9.59 Å². The van der Waals surface area contributed by atoms with Crippen LogP contribution in [0, 0.1) is 11.3 Å². The van der Waals surface area contributed by atoms with Gasteiger partial charge in [0.05, 0.1) is 13.2 Å². The van der Waals surface area contributed by atoms with Gasteiger partial charge in [0.1, 0.15) is 0 Å². The molecule has 0 spiro atoms. The van der Waals surface area contributed by atoms with E-state index in [1.807, 2.05) is 13.8 Å². The van der Waals surface area contributed by atoms with Crippen molar-refractivity contribution in [2.45, 2.75) is 47.0 Å². The number of ether oxygens (including phenoxy) is 2. The van der Waals surface area contributed by atoms with Crippen LogP contribution >= 0.6 is 0 Å². The molecule has 0 N–H and O–H groups in total. The van der Waals surface area contributed by atoms with Gasteiger partial charge in [0, 0.05) is 0 Å². The van der Waals surface area contributed by atoms with Crippen LogP contribution in [0.5, 0.6) is 0 Å². The van der Waals surface area contributed by atoms with Gasteiger partial charge in [0.15, 0.2) is 5.41 Å². The normalized spacial score (nSPS) is 12.6. The second-order valence-electron chi connectivity index (χ2n) is 4.59. The molecule has 0 saturated carbocycles. The first-order valence-corrected chi connectivity index (χ1v) is 6.96. The number of hydrogen-bond acceptors (Lipinski definition) is 4. The van der Waals surface area contributed by atoms with Crippen molar-refractivity contribution in [1.82, 2.24) is 0 Å². The molecule has 0 heterocycles. The summed E-state index contributed by atoms with van der Waals surface area (Å²) >= 11 is 0. The number of rotatable bonds is 9. The maximum Gasteiger partial charge on any atom is 0.324 e. The zero-order valence-corrected chi connectivity index (χ0v) is 12.5. The third kappa shape index (κ3) is 4.08. The van der Waals surface area contributed by atoms with Gasteiger partial charge in [0.25, 0.3) is 0 Å². The highest BCUT2D eigenvalue weighted by atomic mass is 16.6. The van der Waals surface area contributed by atoms with Crippen molar-refractivity contribution < 1.29 is 19.1 Å². The van der Waals surface area contributed by atoms with E-state index >= 15 is 0 Å². The minimum Gasteiger partial charge on any atom is -0.465 e. The summed E-state index contributed by atoms with van der Waals surface area (Å²) in [5.41, 5.74) is -1.26. The zero-order valence-electron chi connectivity index (χ0n) is 12.5. The molecule has 1 unspecified atom stereocenters. The van der Waals surface area contributed by atoms with E-state index in [1.54, 1.807) is 19.9 Å². The maximum atomic E-state index is 12.3. The number of hydrogen-bond donors (Lipinski definition) is 0. The molecule has 0 aromatic rings. The van der Waals surface area contributed by atoms with E-state index in [0.29, 0.717) is 0 Å². The average Bonchev–Trinajstić information content (AvgIpc) is 2.36. The van der Waals surface area contributed by atoms with Crippen LogP contribution in [0.1, 0.15) is 47.0 Å². The van der Waals surface area contributed by atoms with Crippen molar-refractivity contribution in [2.24, 2.45) is 11.3 Å². The Bertz CT molecular complexity index is 291. The fourth-order valence-electron chi connectivity index (χ4n) is 2.28. The smallest absolute Gasteiger partial charge is 0.324 e. The molecular formula is C15H26O4. The zero-order chi connectivity index (χ0) is 14.9. The van der Waals surface area contributed by atoms with Crippen molar-refractivity contribution >= 4 is 11.9 Å². The Balaban J connectivity index is 5.50. The van der Waals surface area contributed by atoms with Crippen molar-refractivity contribution in [3.8, 4) is 0 Å². The predicted octanol–water partition coefficient (Wildman–Crippen LogP) is 3.11. The average molecular weight is 270 g/mol. The van der Waals surface area contributed by atoms with Gasteiger partial charge >= 0.3 is 11.9 Å². The van der Waals surface area contributed by atoms with Crippen LogP contribution in [0.15, 0.2) is 12.7 Å². The van der Waals surface area contributed by atoms with Crippen LogP contribution in [0.2, 0.25) is 0 Å². The molecule has 4 nitrogen and oxygen atoms in total. The third-order valence-corrected chi connectivity index (χ3v) is 3.31. The van der Waals surface area contributed by atoms with E-state index < -0.39 is 17.4 Å². The lowest BCUT2D eigenvalue weighted by atomic mass is 9.71. The first-order valence-electron chi connectivity index (χ1n) is 6.96. The van der Waals surface area contributed by atoms with Gasteiger partial charge in [-0.2, -0.15) is 0 Å². The predicted molar refractivity (Wildman–Crippen MR) is 74.6 cm³/mol. The van der Waals surface area contributed by atoms with E-state index in [-0.39, 0.29) is 25.6 Å². The molecule has 19 heavy (non-hydrogen) atoms. The Morgan fingerprint density at radius 2 is 1.63 bits per heavy atom. The van der Waals surface area contributed by atoms with Gasteiger partial charge in [-0.15, -0.1) is 6.58 Å². The molecular weight excluding hydrogens is 244 g/mol. The van der Waals surface area contributed by atoms with Crippen molar-refractivity contribution in [1.29, 1.82) is 0 Å². The van der Waals surface area contributed by atoms with E-state index in [2.05, 4.69) is 6.58 Å². The van der Waals surface area contributed by atoms with Crippen LogP contribution in [-0.2, 0) is 19.1 Å². The maximum absolute atomic E-state index is 12.3. The van der Waals surface area contributed by atoms with Crippen LogP contribution in [-0.4, -0.2) is 25.2 Å². The molecule has 0 rings (SSSR count). The molecule has 0 amide bonds. The van der Waals surface area contributed by atoms with Gasteiger partial charge in [-0.3, -0.25) is 9.59 Å². The fraction of sp³-hybridized carbons (Fsp3) is 0.733. The lowest BCUT2D eigenvalue weighted by molar-refractivity contribution is -0.176. The van der Waals surface area contributed by atoms with Crippen molar-refractivity contribution in [2.75, 3.05) is 13.2 Å². The minimum absolute atomic E-state index is 0.145. The Morgan fingerprint density at radius 1 is 1.16 bits per heavy atom. The van der Waals surface area contributed by atoms with Crippen molar-refractivity contribution in [3.05, 3.63) is 12.7 Å². The number of carbonyl (C=O) groups excluding carboxylic acids is 2. The van der Waals surface area contributed by atoms with Gasteiger partial charge in [-0.05, 0) is 32.6 Å². The monoisotopic (exact) mass is 270 g/mol. The minimum atomic E-state index is -1.26. The lowest BCUT2D eigenvalue weighted by Gasteiger charge is -2.33. The highest BCUT2D eigenvalue weighted by Gasteiger charge is 2.51. The van der Waals surface area contributed by atoms with Crippen LogP contribution < -0.4 is 0 Å². The van der Waals surface area contributed by atoms with E-state index in [4.69, 9.17) is 9.47 Å². The van der Waals surface area contributed by atoms with E-state index in [0.717, 1.165) is 12.8 Å². The summed E-state index contributed by atoms with van der Waals surface area (Å²) in [4.78, 5) is 24.6. The molecule has 4 heteroatoms. The summed E-state index contributed by atoms with van der Waals surface area (Å²) in [6, 6.07) is 0. The van der Waals surface area contributed by atoms with E-state index in [1.165, 1.54) is 0 Å². The molecule has 0 radical (unpaired) electrons. The number of allylic oxidation sites excluding steroid dienone is 1. The highest BCUT2D eigenvalue weighted by Crippen LogP contribution is 2.38. The van der Waals surface area contributed by atoms with Gasteiger partial charge in [-0.25, -0.2) is 0 Å². The summed E-state index contributed by atoms with van der Waals surface area (Å²) in [5.74, 6) is -1.16. The molecule has 110 valence electrons. The first-order chi connectivity index (χ1) is 9.00. The fourth-order valence-corrected chi connectivity index (χ4v) is 2.28. The van der Waals surface area contributed by atoms with Gasteiger partial charge in [0.2, 0.25) is 0 Å². The Hall–Kier alpha value is -1.32.